The average Bonchev–Trinajstić information content (AvgIpc) is 2.90. The maximum atomic E-state index is 12.3. The van der Waals surface area contributed by atoms with Gasteiger partial charge in [0.05, 0.1) is 24.5 Å². The summed E-state index contributed by atoms with van der Waals surface area (Å²) in [6.07, 6.45) is 1.56. The first-order valence-corrected chi connectivity index (χ1v) is 19.3. The summed E-state index contributed by atoms with van der Waals surface area (Å²) in [4.78, 5) is 11.0. The summed E-state index contributed by atoms with van der Waals surface area (Å²) >= 11 is 0. The lowest BCUT2D eigenvalue weighted by molar-refractivity contribution is -0.136. The number of hydrogen-bond acceptors (Lipinski definition) is 6. The molecule has 0 aromatic heterocycles. The summed E-state index contributed by atoms with van der Waals surface area (Å²) in [5.41, 5.74) is 4.07. The van der Waals surface area contributed by atoms with Crippen LogP contribution in [0.3, 0.4) is 0 Å². The monoisotopic (exact) mass is 626 g/mol. The number of carboxylic acids is 1. The van der Waals surface area contributed by atoms with Crippen LogP contribution < -0.4 is 14.8 Å². The van der Waals surface area contributed by atoms with Gasteiger partial charge in [-0.05, 0) is 65.9 Å². The van der Waals surface area contributed by atoms with Crippen LogP contribution in [0.2, 0.25) is 18.1 Å². The first-order valence-electron chi connectivity index (χ1n) is 14.5. The van der Waals surface area contributed by atoms with Gasteiger partial charge in [0.25, 0.3) is 0 Å². The van der Waals surface area contributed by atoms with Crippen LogP contribution in [0.1, 0.15) is 56.1 Å². The van der Waals surface area contributed by atoms with Crippen LogP contribution in [0.25, 0.3) is 0 Å². The molecule has 0 spiro atoms. The van der Waals surface area contributed by atoms with Crippen molar-refractivity contribution in [1.29, 1.82) is 0 Å². The van der Waals surface area contributed by atoms with Crippen LogP contribution in [0, 0.1) is 0 Å². The number of rotatable bonds is 15. The number of carboxylic acid groups (broad SMARTS) is 1. The molecule has 2 atom stereocenters. The van der Waals surface area contributed by atoms with E-state index in [9.17, 15) is 13.2 Å². The zero-order valence-corrected chi connectivity index (χ0v) is 28.1. The molecule has 3 aromatic carbocycles. The maximum Gasteiger partial charge on any atom is 0.307 e. The first-order chi connectivity index (χ1) is 20.0. The van der Waals surface area contributed by atoms with Crippen molar-refractivity contribution in [3.63, 3.8) is 0 Å². The smallest absolute Gasteiger partial charge is 0.307 e. The van der Waals surface area contributed by atoms with E-state index in [2.05, 4.69) is 50.8 Å². The number of benzene rings is 3. The third kappa shape index (κ3) is 11.1. The van der Waals surface area contributed by atoms with Crippen LogP contribution in [-0.4, -0.2) is 46.7 Å². The minimum Gasteiger partial charge on any atom is -0.487 e. The fraction of sp³-hybridized carbons (Fsp3) is 0.424. The van der Waals surface area contributed by atoms with Crippen molar-refractivity contribution in [1.82, 2.24) is 5.32 Å². The molecule has 3 aromatic rings. The van der Waals surface area contributed by atoms with Crippen LogP contribution in [-0.2, 0) is 38.7 Å². The van der Waals surface area contributed by atoms with E-state index in [1.165, 1.54) is 0 Å². The predicted molar refractivity (Wildman–Crippen MR) is 176 cm³/mol. The van der Waals surface area contributed by atoms with E-state index in [0.717, 1.165) is 34.9 Å². The summed E-state index contributed by atoms with van der Waals surface area (Å²) in [6.45, 7) is 13.9. The Labute approximate surface area is 258 Å². The molecule has 43 heavy (non-hydrogen) atoms. The zero-order valence-electron chi connectivity index (χ0n) is 26.3. The number of nitrogens with one attached hydrogen (secondary N) is 2. The summed E-state index contributed by atoms with van der Waals surface area (Å²) in [5.74, 6) is -0.405. The molecule has 0 unspecified atom stereocenters. The highest BCUT2D eigenvalue weighted by Gasteiger charge is 2.39. The Morgan fingerprint density at radius 1 is 0.953 bits per heavy atom. The molecule has 0 aliphatic heterocycles. The van der Waals surface area contributed by atoms with Crippen molar-refractivity contribution in [3.8, 4) is 5.75 Å². The molecule has 0 bridgehead atoms. The molecule has 0 aliphatic rings. The minimum absolute atomic E-state index is 0.00676. The Balaban J connectivity index is 1.84. The van der Waals surface area contributed by atoms with E-state index >= 15 is 0 Å². The van der Waals surface area contributed by atoms with Gasteiger partial charge >= 0.3 is 5.97 Å². The highest BCUT2D eigenvalue weighted by atomic mass is 32.2. The van der Waals surface area contributed by atoms with Gasteiger partial charge in [0.1, 0.15) is 12.4 Å². The molecule has 234 valence electrons. The van der Waals surface area contributed by atoms with E-state index in [4.69, 9.17) is 14.3 Å². The number of hydrogen-bond donors (Lipinski definition) is 3. The van der Waals surface area contributed by atoms with Gasteiger partial charge in [-0.2, -0.15) is 0 Å². The summed E-state index contributed by atoms with van der Waals surface area (Å²) in [7, 11) is -5.78. The number of carbonyl (C=O) groups is 1. The van der Waals surface area contributed by atoms with E-state index in [-0.39, 0.29) is 23.6 Å². The number of ether oxygens (including phenoxy) is 1. The molecule has 8 nitrogen and oxygen atoms in total. The zero-order chi connectivity index (χ0) is 31.8. The molecule has 0 fully saturated rings. The first kappa shape index (κ1) is 34.3. The van der Waals surface area contributed by atoms with Crippen molar-refractivity contribution < 1.29 is 27.5 Å². The fourth-order valence-corrected chi connectivity index (χ4v) is 6.19. The van der Waals surface area contributed by atoms with Gasteiger partial charge in [0, 0.05) is 12.6 Å². The summed E-state index contributed by atoms with van der Waals surface area (Å²) in [5, 5.41) is 12.6. The van der Waals surface area contributed by atoms with Crippen LogP contribution >= 0.6 is 0 Å². The largest absolute Gasteiger partial charge is 0.487 e. The number of aliphatic carboxylic acids is 1. The molecular weight excluding hydrogens is 581 g/mol. The number of sulfonamides is 1. The minimum atomic E-state index is -3.56. The van der Waals surface area contributed by atoms with Gasteiger partial charge < -0.3 is 19.6 Å². The predicted octanol–water partition coefficient (Wildman–Crippen LogP) is 6.55. The van der Waals surface area contributed by atoms with Crippen LogP contribution in [0.15, 0.2) is 72.8 Å². The molecule has 0 heterocycles. The normalized spacial score (nSPS) is 13.7. The molecule has 10 heteroatoms. The molecule has 0 aliphatic carbocycles. The van der Waals surface area contributed by atoms with Gasteiger partial charge in [-0.15, -0.1) is 0 Å². The second kappa shape index (κ2) is 14.5. The van der Waals surface area contributed by atoms with Crippen molar-refractivity contribution in [3.05, 3.63) is 95.1 Å². The van der Waals surface area contributed by atoms with Crippen LogP contribution in [0.4, 0.5) is 5.69 Å². The van der Waals surface area contributed by atoms with Gasteiger partial charge in [-0.1, -0.05) is 81.4 Å². The van der Waals surface area contributed by atoms with Crippen molar-refractivity contribution in [2.75, 3.05) is 17.5 Å². The Morgan fingerprint density at radius 3 is 2.16 bits per heavy atom. The Bertz CT molecular complexity index is 1450. The maximum absolute atomic E-state index is 12.3. The Hall–Kier alpha value is -3.18. The van der Waals surface area contributed by atoms with E-state index in [0.29, 0.717) is 24.6 Å². The van der Waals surface area contributed by atoms with Crippen molar-refractivity contribution in [2.24, 2.45) is 0 Å². The van der Waals surface area contributed by atoms with E-state index < -0.39 is 24.3 Å². The van der Waals surface area contributed by atoms with Gasteiger partial charge in [0.2, 0.25) is 10.0 Å². The highest BCUT2D eigenvalue weighted by Crippen LogP contribution is 2.40. The van der Waals surface area contributed by atoms with Gasteiger partial charge in [0.15, 0.2) is 8.32 Å². The SMILES string of the molecule is C[C@H](Cc1ccc(CC(=O)O)cc1)NC[C@@H](O[Si](C)(C)C(C)(C)C)c1ccc(OCc2ccccc2)c(NS(C)(=O)=O)c1. The lowest BCUT2D eigenvalue weighted by Crippen LogP contribution is -2.44. The van der Waals surface area contributed by atoms with Crippen molar-refractivity contribution >= 4 is 30.0 Å². The average molecular weight is 627 g/mol. The van der Waals surface area contributed by atoms with E-state index in [1.54, 1.807) is 6.07 Å². The third-order valence-corrected chi connectivity index (χ3v) is 12.8. The standard InChI is InChI=1S/C33H46N2O6SSi/c1-24(19-25-13-15-26(16-14-25)20-32(36)37)34-22-31(41-43(6,7)33(2,3)4)28-17-18-30(29(21-28)35-42(5,38)39)40-23-27-11-9-8-10-12-27/h8-18,21,24,31,34-35H,19-20,22-23H2,1-7H3,(H,36,37)/t24-,31-/m1/s1. The Kier molecular flexibility index (Phi) is 11.6. The lowest BCUT2D eigenvalue weighted by Gasteiger charge is -2.40. The molecule has 3 N–H and O–H groups in total. The second-order valence-electron chi connectivity index (χ2n) is 12.7. The summed E-state index contributed by atoms with van der Waals surface area (Å²) < 4.78 is 40.2. The second-order valence-corrected chi connectivity index (χ2v) is 19.2. The Morgan fingerprint density at radius 2 is 1.58 bits per heavy atom. The molecule has 0 amide bonds. The van der Waals surface area contributed by atoms with E-state index in [1.807, 2.05) is 66.7 Å². The van der Waals surface area contributed by atoms with Gasteiger partial charge in [-0.3, -0.25) is 9.52 Å². The van der Waals surface area contributed by atoms with Crippen LogP contribution in [0.5, 0.6) is 5.75 Å². The third-order valence-electron chi connectivity index (χ3n) is 7.72. The molecule has 0 saturated heterocycles. The topological polar surface area (TPSA) is 114 Å². The summed E-state index contributed by atoms with van der Waals surface area (Å²) in [6, 6.07) is 23.0. The number of anilines is 1. The molecule has 0 saturated carbocycles. The molecule has 0 radical (unpaired) electrons. The quantitative estimate of drug-likeness (QED) is 0.164. The fourth-order valence-electron chi connectivity index (χ4n) is 4.35. The van der Waals surface area contributed by atoms with Crippen molar-refractivity contribution in [2.45, 2.75) is 77.4 Å². The highest BCUT2D eigenvalue weighted by molar-refractivity contribution is 7.92. The van der Waals surface area contributed by atoms with Gasteiger partial charge in [-0.25, -0.2) is 8.42 Å². The molecular formula is C33H46N2O6SSi. The molecule has 3 rings (SSSR count). The lowest BCUT2D eigenvalue weighted by atomic mass is 10.0.